The van der Waals surface area contributed by atoms with E-state index in [-0.39, 0.29) is 5.56 Å². The van der Waals surface area contributed by atoms with Gasteiger partial charge in [-0.3, -0.25) is 0 Å². The topological polar surface area (TPSA) is 94.1 Å². The second-order valence-corrected chi connectivity index (χ2v) is 7.87. The Morgan fingerprint density at radius 1 is 1.28 bits per heavy atom. The number of aromatic carboxylic acids is 1. The summed E-state index contributed by atoms with van der Waals surface area (Å²) in [6.07, 6.45) is 6.85. The largest absolute Gasteiger partial charge is 0.478 e. The van der Waals surface area contributed by atoms with E-state index in [9.17, 15) is 4.79 Å². The maximum absolute atomic E-state index is 11.1. The van der Waals surface area contributed by atoms with Gasteiger partial charge >= 0.3 is 5.97 Å². The number of rotatable bonds is 7. The number of nitrogens with zero attached hydrogens (tertiary/aromatic N) is 3. The van der Waals surface area contributed by atoms with Crippen LogP contribution in [0.25, 0.3) is 22.4 Å². The number of pyridine rings is 1. The van der Waals surface area contributed by atoms with Gasteiger partial charge in [-0.15, -0.1) is 0 Å². The van der Waals surface area contributed by atoms with Crippen LogP contribution in [-0.2, 0) is 0 Å². The number of carboxylic acid groups (broad SMARTS) is 1. The van der Waals surface area contributed by atoms with E-state index in [1.807, 2.05) is 12.1 Å². The van der Waals surface area contributed by atoms with Gasteiger partial charge in [0.1, 0.15) is 11.6 Å². The van der Waals surface area contributed by atoms with Crippen LogP contribution in [0.3, 0.4) is 0 Å². The molecule has 3 heterocycles. The van der Waals surface area contributed by atoms with Crippen molar-refractivity contribution in [3.05, 3.63) is 42.1 Å². The van der Waals surface area contributed by atoms with Gasteiger partial charge in [-0.2, -0.15) is 0 Å². The molecule has 0 saturated carbocycles. The van der Waals surface area contributed by atoms with Gasteiger partial charge in [-0.1, -0.05) is 0 Å². The Morgan fingerprint density at radius 3 is 2.83 bits per heavy atom. The molecular weight excluding hydrogens is 366 g/mol. The third-order valence-corrected chi connectivity index (χ3v) is 5.70. The Labute approximate surface area is 170 Å². The van der Waals surface area contributed by atoms with Gasteiger partial charge in [0.05, 0.1) is 16.6 Å². The maximum Gasteiger partial charge on any atom is 0.335 e. The third kappa shape index (κ3) is 4.74. The smallest absolute Gasteiger partial charge is 0.335 e. The molecule has 0 spiro atoms. The number of H-pyrrole nitrogens is 1. The van der Waals surface area contributed by atoms with E-state index < -0.39 is 5.97 Å². The van der Waals surface area contributed by atoms with Crippen molar-refractivity contribution in [2.45, 2.75) is 25.7 Å². The van der Waals surface area contributed by atoms with Gasteiger partial charge < -0.3 is 20.3 Å². The molecule has 4 rings (SSSR count). The summed E-state index contributed by atoms with van der Waals surface area (Å²) in [4.78, 5) is 25.7. The first kappa shape index (κ1) is 19.4. The van der Waals surface area contributed by atoms with Crippen molar-refractivity contribution < 1.29 is 9.90 Å². The number of hydrogen-bond donors (Lipinski definition) is 3. The van der Waals surface area contributed by atoms with E-state index in [0.717, 1.165) is 35.8 Å². The SMILES string of the molecule is CN1CCC(CCCNc2ccc(-c3nc4ccc(C(=O)O)cc4[nH]3)cn2)CC1. The fourth-order valence-corrected chi connectivity index (χ4v) is 3.88. The Hall–Kier alpha value is -2.93. The van der Waals surface area contributed by atoms with Crippen LogP contribution in [0.2, 0.25) is 0 Å². The van der Waals surface area contributed by atoms with E-state index >= 15 is 0 Å². The van der Waals surface area contributed by atoms with Crippen molar-refractivity contribution in [2.24, 2.45) is 5.92 Å². The lowest BCUT2D eigenvalue weighted by Gasteiger charge is -2.28. The molecule has 3 N–H and O–H groups in total. The minimum atomic E-state index is -0.948. The molecule has 0 unspecified atom stereocenters. The number of imidazole rings is 1. The molecule has 1 saturated heterocycles. The van der Waals surface area contributed by atoms with Gasteiger partial charge in [0.15, 0.2) is 0 Å². The lowest BCUT2D eigenvalue weighted by atomic mass is 9.92. The average Bonchev–Trinajstić information content (AvgIpc) is 3.16. The predicted molar refractivity (Wildman–Crippen MR) is 114 cm³/mol. The number of carbonyl (C=O) groups is 1. The monoisotopic (exact) mass is 393 g/mol. The quantitative estimate of drug-likeness (QED) is 0.528. The highest BCUT2D eigenvalue weighted by Crippen LogP contribution is 2.23. The first-order valence-corrected chi connectivity index (χ1v) is 10.2. The van der Waals surface area contributed by atoms with Crippen LogP contribution in [0, 0.1) is 5.92 Å². The maximum atomic E-state index is 11.1. The van der Waals surface area contributed by atoms with Crippen molar-refractivity contribution in [2.75, 3.05) is 32.0 Å². The fraction of sp³-hybridized carbons (Fsp3) is 0.409. The van der Waals surface area contributed by atoms with Crippen molar-refractivity contribution >= 4 is 22.8 Å². The molecular formula is C22H27N5O2. The molecule has 0 radical (unpaired) electrons. The zero-order valence-corrected chi connectivity index (χ0v) is 16.7. The van der Waals surface area contributed by atoms with E-state index in [2.05, 4.69) is 32.2 Å². The van der Waals surface area contributed by atoms with Gasteiger partial charge in [0, 0.05) is 18.3 Å². The highest BCUT2D eigenvalue weighted by atomic mass is 16.4. The number of likely N-dealkylation sites (tertiary alicyclic amines) is 1. The Balaban J connectivity index is 1.32. The molecule has 0 atom stereocenters. The first-order valence-electron chi connectivity index (χ1n) is 10.2. The Bertz CT molecular complexity index is 975. The van der Waals surface area contributed by atoms with Crippen LogP contribution in [0.4, 0.5) is 5.82 Å². The minimum Gasteiger partial charge on any atom is -0.478 e. The van der Waals surface area contributed by atoms with Crippen molar-refractivity contribution in [1.82, 2.24) is 19.9 Å². The molecule has 7 nitrogen and oxygen atoms in total. The summed E-state index contributed by atoms with van der Waals surface area (Å²) in [5.41, 5.74) is 2.55. The summed E-state index contributed by atoms with van der Waals surface area (Å²) < 4.78 is 0. The van der Waals surface area contributed by atoms with Crippen molar-refractivity contribution in [1.29, 1.82) is 0 Å². The number of piperidine rings is 1. The molecule has 1 aromatic carbocycles. The zero-order chi connectivity index (χ0) is 20.2. The highest BCUT2D eigenvalue weighted by Gasteiger charge is 2.16. The van der Waals surface area contributed by atoms with Crippen LogP contribution < -0.4 is 5.32 Å². The van der Waals surface area contributed by atoms with Crippen LogP contribution in [0.1, 0.15) is 36.0 Å². The number of anilines is 1. The van der Waals surface area contributed by atoms with E-state index in [1.54, 1.807) is 24.4 Å². The van der Waals surface area contributed by atoms with E-state index in [1.165, 1.54) is 32.4 Å². The summed E-state index contributed by atoms with van der Waals surface area (Å²) in [6.45, 7) is 3.38. The Morgan fingerprint density at radius 2 is 2.10 bits per heavy atom. The molecule has 3 aromatic rings. The van der Waals surface area contributed by atoms with Crippen LogP contribution in [-0.4, -0.2) is 57.6 Å². The number of carboxylic acids is 1. The van der Waals surface area contributed by atoms with Crippen LogP contribution in [0.15, 0.2) is 36.5 Å². The van der Waals surface area contributed by atoms with Crippen LogP contribution >= 0.6 is 0 Å². The number of nitrogens with one attached hydrogen (secondary N) is 2. The molecule has 7 heteroatoms. The molecule has 1 aliphatic rings. The number of hydrogen-bond acceptors (Lipinski definition) is 5. The number of aromatic amines is 1. The Kier molecular flexibility index (Phi) is 5.76. The summed E-state index contributed by atoms with van der Waals surface area (Å²) in [5.74, 6) is 1.46. The number of fused-ring (bicyclic) bond motifs is 1. The molecule has 1 aliphatic heterocycles. The van der Waals surface area contributed by atoms with E-state index in [4.69, 9.17) is 5.11 Å². The second kappa shape index (κ2) is 8.61. The summed E-state index contributed by atoms with van der Waals surface area (Å²) >= 11 is 0. The van der Waals surface area contributed by atoms with Crippen molar-refractivity contribution in [3.63, 3.8) is 0 Å². The normalized spacial score (nSPS) is 15.6. The van der Waals surface area contributed by atoms with Gasteiger partial charge in [-0.25, -0.2) is 14.8 Å². The molecule has 152 valence electrons. The zero-order valence-electron chi connectivity index (χ0n) is 16.7. The van der Waals surface area contributed by atoms with E-state index in [0.29, 0.717) is 11.3 Å². The van der Waals surface area contributed by atoms with Gasteiger partial charge in [0.25, 0.3) is 0 Å². The lowest BCUT2D eigenvalue weighted by Crippen LogP contribution is -2.30. The summed E-state index contributed by atoms with van der Waals surface area (Å²) in [6, 6.07) is 8.81. The van der Waals surface area contributed by atoms with Gasteiger partial charge in [-0.05, 0) is 82.1 Å². The highest BCUT2D eigenvalue weighted by molar-refractivity contribution is 5.92. The standard InChI is InChI=1S/C22H27N5O2/c1-27-11-8-15(9-12-27)3-2-10-23-20-7-5-17(14-24-20)21-25-18-6-4-16(22(28)29)13-19(18)26-21/h4-7,13-15H,2-3,8-12H2,1H3,(H,23,24)(H,25,26)(H,28,29). The fourth-order valence-electron chi connectivity index (χ4n) is 3.88. The van der Waals surface area contributed by atoms with Crippen LogP contribution in [0.5, 0.6) is 0 Å². The molecule has 2 aromatic heterocycles. The molecule has 0 aliphatic carbocycles. The minimum absolute atomic E-state index is 0.241. The number of benzene rings is 1. The summed E-state index contributed by atoms with van der Waals surface area (Å²) in [5, 5.41) is 12.5. The second-order valence-electron chi connectivity index (χ2n) is 7.87. The summed E-state index contributed by atoms with van der Waals surface area (Å²) in [7, 11) is 2.20. The molecule has 0 amide bonds. The first-order chi connectivity index (χ1) is 14.1. The molecule has 1 fully saturated rings. The van der Waals surface area contributed by atoms with Crippen molar-refractivity contribution in [3.8, 4) is 11.4 Å². The predicted octanol–water partition coefficient (Wildman–Crippen LogP) is 3.86. The molecule has 29 heavy (non-hydrogen) atoms. The van der Waals surface area contributed by atoms with Gasteiger partial charge in [0.2, 0.25) is 0 Å². The average molecular weight is 393 g/mol. The number of aromatic nitrogens is 3. The molecule has 0 bridgehead atoms. The third-order valence-electron chi connectivity index (χ3n) is 5.70. The lowest BCUT2D eigenvalue weighted by molar-refractivity contribution is 0.0697.